The zero-order valence-electron chi connectivity index (χ0n) is 10.6. The van der Waals surface area contributed by atoms with E-state index in [9.17, 15) is 14.7 Å². The molecular formula is C13H20N2O3. The summed E-state index contributed by atoms with van der Waals surface area (Å²) in [6.07, 6.45) is 10.0. The molecule has 1 fully saturated rings. The fraction of sp³-hybridized carbons (Fsp3) is 0.692. The number of carboxylic acids is 1. The van der Waals surface area contributed by atoms with Crippen LogP contribution in [0.1, 0.15) is 39.0 Å². The molecule has 1 rings (SSSR count). The van der Waals surface area contributed by atoms with E-state index in [1.807, 2.05) is 0 Å². The van der Waals surface area contributed by atoms with Crippen molar-refractivity contribution < 1.29 is 14.7 Å². The number of aliphatic carboxylic acids is 1. The van der Waals surface area contributed by atoms with Crippen LogP contribution in [0.3, 0.4) is 0 Å². The van der Waals surface area contributed by atoms with Gasteiger partial charge in [-0.25, -0.2) is 9.59 Å². The second-order valence-corrected chi connectivity index (χ2v) is 4.72. The standard InChI is InChI=1S/C13H20N2O3/c1-3-9(2)14-13(18)15-11(12(16)17)10-7-5-4-6-8-10/h1,9-11H,4-8H2,2H3,(H,16,17)(H2,14,15,18). The molecule has 0 aromatic heterocycles. The van der Waals surface area contributed by atoms with Crippen molar-refractivity contribution in [3.05, 3.63) is 0 Å². The first kappa shape index (κ1) is 14.4. The van der Waals surface area contributed by atoms with Crippen LogP contribution in [0.4, 0.5) is 4.79 Å². The molecule has 0 spiro atoms. The third kappa shape index (κ3) is 4.28. The molecule has 2 amide bonds. The highest BCUT2D eigenvalue weighted by Crippen LogP contribution is 2.26. The second-order valence-electron chi connectivity index (χ2n) is 4.72. The molecule has 1 aliphatic rings. The van der Waals surface area contributed by atoms with Gasteiger partial charge in [0.05, 0.1) is 6.04 Å². The minimum absolute atomic E-state index is 0.0168. The summed E-state index contributed by atoms with van der Waals surface area (Å²) in [7, 11) is 0. The van der Waals surface area contributed by atoms with Gasteiger partial charge in [0.25, 0.3) is 0 Å². The van der Waals surface area contributed by atoms with E-state index in [1.54, 1.807) is 6.92 Å². The Morgan fingerprint density at radius 2 is 1.89 bits per heavy atom. The normalized spacial score (nSPS) is 19.3. The van der Waals surface area contributed by atoms with Crippen LogP contribution < -0.4 is 10.6 Å². The highest BCUT2D eigenvalue weighted by Gasteiger charge is 2.30. The molecule has 1 aliphatic carbocycles. The summed E-state index contributed by atoms with van der Waals surface area (Å²) in [6, 6.07) is -1.75. The lowest BCUT2D eigenvalue weighted by molar-refractivity contribution is -0.141. The van der Waals surface area contributed by atoms with E-state index in [0.717, 1.165) is 32.1 Å². The maximum absolute atomic E-state index is 11.6. The molecule has 2 atom stereocenters. The molecule has 0 heterocycles. The van der Waals surface area contributed by atoms with Gasteiger partial charge >= 0.3 is 12.0 Å². The summed E-state index contributed by atoms with van der Waals surface area (Å²) in [6.45, 7) is 1.66. The summed E-state index contributed by atoms with van der Waals surface area (Å²) >= 11 is 0. The lowest BCUT2D eigenvalue weighted by Gasteiger charge is -2.28. The molecule has 5 heteroatoms. The van der Waals surface area contributed by atoms with Gasteiger partial charge in [-0.1, -0.05) is 25.2 Å². The van der Waals surface area contributed by atoms with Crippen molar-refractivity contribution in [2.45, 2.75) is 51.1 Å². The van der Waals surface area contributed by atoms with Gasteiger partial charge in [0.2, 0.25) is 0 Å². The van der Waals surface area contributed by atoms with E-state index in [4.69, 9.17) is 6.42 Å². The van der Waals surface area contributed by atoms with E-state index in [2.05, 4.69) is 16.6 Å². The Morgan fingerprint density at radius 3 is 2.39 bits per heavy atom. The zero-order valence-corrected chi connectivity index (χ0v) is 10.6. The molecule has 3 N–H and O–H groups in total. The maximum Gasteiger partial charge on any atom is 0.326 e. The van der Waals surface area contributed by atoms with E-state index in [-0.39, 0.29) is 5.92 Å². The molecule has 2 unspecified atom stereocenters. The fourth-order valence-electron chi connectivity index (χ4n) is 2.27. The molecule has 0 radical (unpaired) electrons. The molecule has 0 saturated heterocycles. The number of terminal acetylenes is 1. The van der Waals surface area contributed by atoms with E-state index in [1.165, 1.54) is 0 Å². The fourth-order valence-corrected chi connectivity index (χ4v) is 2.27. The van der Waals surface area contributed by atoms with E-state index >= 15 is 0 Å². The van der Waals surface area contributed by atoms with Crippen molar-refractivity contribution in [1.29, 1.82) is 0 Å². The Bertz CT molecular complexity index is 343. The van der Waals surface area contributed by atoms with Crippen molar-refractivity contribution in [3.8, 4) is 12.3 Å². The molecule has 5 nitrogen and oxygen atoms in total. The Hall–Kier alpha value is -1.70. The number of carboxylic acid groups (broad SMARTS) is 1. The van der Waals surface area contributed by atoms with Crippen molar-refractivity contribution in [3.63, 3.8) is 0 Å². The quantitative estimate of drug-likeness (QED) is 0.661. The number of carbonyl (C=O) groups excluding carboxylic acids is 1. The van der Waals surface area contributed by atoms with Gasteiger partial charge in [-0.2, -0.15) is 0 Å². The first-order valence-electron chi connectivity index (χ1n) is 6.30. The Labute approximate surface area is 107 Å². The minimum Gasteiger partial charge on any atom is -0.480 e. The SMILES string of the molecule is C#CC(C)NC(=O)NC(C(=O)O)C1CCCCC1. The third-order valence-corrected chi connectivity index (χ3v) is 3.27. The van der Waals surface area contributed by atoms with Crippen LogP contribution in [0, 0.1) is 18.3 Å². The van der Waals surface area contributed by atoms with Crippen LogP contribution in [0.2, 0.25) is 0 Å². The predicted octanol–water partition coefficient (Wildman–Crippen LogP) is 1.34. The zero-order chi connectivity index (χ0) is 13.5. The van der Waals surface area contributed by atoms with E-state index < -0.39 is 24.1 Å². The molecule has 0 bridgehead atoms. The number of carbonyl (C=O) groups is 2. The Balaban J connectivity index is 2.54. The highest BCUT2D eigenvalue weighted by molar-refractivity contribution is 5.83. The number of urea groups is 1. The van der Waals surface area contributed by atoms with Crippen LogP contribution in [0.5, 0.6) is 0 Å². The third-order valence-electron chi connectivity index (χ3n) is 3.27. The van der Waals surface area contributed by atoms with Gasteiger partial charge in [-0.15, -0.1) is 6.42 Å². The van der Waals surface area contributed by atoms with Crippen LogP contribution in [0.15, 0.2) is 0 Å². The molecule has 1 saturated carbocycles. The number of hydrogen-bond acceptors (Lipinski definition) is 2. The summed E-state index contributed by atoms with van der Waals surface area (Å²) in [5, 5.41) is 14.2. The van der Waals surface area contributed by atoms with Crippen LogP contribution in [-0.2, 0) is 4.79 Å². The largest absolute Gasteiger partial charge is 0.480 e. The lowest BCUT2D eigenvalue weighted by Crippen LogP contribution is -2.51. The minimum atomic E-state index is -0.981. The highest BCUT2D eigenvalue weighted by atomic mass is 16.4. The van der Waals surface area contributed by atoms with Crippen LogP contribution >= 0.6 is 0 Å². The smallest absolute Gasteiger partial charge is 0.326 e. The van der Waals surface area contributed by atoms with Crippen molar-refractivity contribution >= 4 is 12.0 Å². The van der Waals surface area contributed by atoms with Gasteiger partial charge in [0.15, 0.2) is 0 Å². The Morgan fingerprint density at radius 1 is 1.28 bits per heavy atom. The monoisotopic (exact) mass is 252 g/mol. The summed E-state index contributed by atoms with van der Waals surface area (Å²) in [5.74, 6) is 1.39. The number of amides is 2. The van der Waals surface area contributed by atoms with Gasteiger partial charge in [-0.05, 0) is 25.7 Å². The first-order valence-corrected chi connectivity index (χ1v) is 6.30. The van der Waals surface area contributed by atoms with Crippen LogP contribution in [0.25, 0.3) is 0 Å². The van der Waals surface area contributed by atoms with E-state index in [0.29, 0.717) is 0 Å². The molecular weight excluding hydrogens is 232 g/mol. The summed E-state index contributed by atoms with van der Waals surface area (Å²) < 4.78 is 0. The van der Waals surface area contributed by atoms with Gasteiger partial charge in [-0.3, -0.25) is 0 Å². The van der Waals surface area contributed by atoms with Crippen molar-refractivity contribution in [2.24, 2.45) is 5.92 Å². The first-order chi connectivity index (χ1) is 8.54. The van der Waals surface area contributed by atoms with Gasteiger partial charge < -0.3 is 15.7 Å². The molecule has 18 heavy (non-hydrogen) atoms. The number of rotatable bonds is 4. The summed E-state index contributed by atoms with van der Waals surface area (Å²) in [5.41, 5.74) is 0. The molecule has 0 aromatic rings. The van der Waals surface area contributed by atoms with Crippen molar-refractivity contribution in [1.82, 2.24) is 10.6 Å². The van der Waals surface area contributed by atoms with Crippen molar-refractivity contribution in [2.75, 3.05) is 0 Å². The van der Waals surface area contributed by atoms with Gasteiger partial charge in [0.1, 0.15) is 6.04 Å². The molecule has 100 valence electrons. The maximum atomic E-state index is 11.6. The molecule has 0 aromatic carbocycles. The lowest BCUT2D eigenvalue weighted by atomic mass is 9.84. The second kappa shape index (κ2) is 6.90. The number of nitrogens with one attached hydrogen (secondary N) is 2. The predicted molar refractivity (Wildman–Crippen MR) is 68.0 cm³/mol. The summed E-state index contributed by atoms with van der Waals surface area (Å²) in [4.78, 5) is 22.8. The average molecular weight is 252 g/mol. The molecule has 0 aliphatic heterocycles. The number of hydrogen-bond donors (Lipinski definition) is 3. The van der Waals surface area contributed by atoms with Crippen LogP contribution in [-0.4, -0.2) is 29.2 Å². The Kier molecular flexibility index (Phi) is 5.50. The topological polar surface area (TPSA) is 78.4 Å². The average Bonchev–Trinajstić information content (AvgIpc) is 2.36. The van der Waals surface area contributed by atoms with Gasteiger partial charge in [0, 0.05) is 0 Å².